The molecule has 1 aromatic carbocycles. The first-order chi connectivity index (χ1) is 10.2. The number of hydrogen-bond donors (Lipinski definition) is 1. The summed E-state index contributed by atoms with van der Waals surface area (Å²) in [6.07, 6.45) is 6.88. The number of anilines is 1. The lowest BCUT2D eigenvalue weighted by Crippen LogP contribution is -2.03. The van der Waals surface area contributed by atoms with Crippen LogP contribution < -0.4 is 5.32 Å². The van der Waals surface area contributed by atoms with Crippen LogP contribution in [0.5, 0.6) is 0 Å². The molecule has 0 aliphatic heterocycles. The molecule has 3 rings (SSSR count). The molecule has 2 heterocycles. The third kappa shape index (κ3) is 3.20. The summed E-state index contributed by atoms with van der Waals surface area (Å²) in [5, 5.41) is 3.63. The van der Waals surface area contributed by atoms with Gasteiger partial charge in [0.15, 0.2) is 0 Å². The van der Waals surface area contributed by atoms with Gasteiger partial charge in [0.05, 0.1) is 11.9 Å². The minimum Gasteiger partial charge on any atom is -0.380 e. The molecule has 6 heteroatoms. The average Bonchev–Trinajstić information content (AvgIpc) is 3.03. The van der Waals surface area contributed by atoms with E-state index in [4.69, 9.17) is 11.6 Å². The van der Waals surface area contributed by atoms with E-state index < -0.39 is 0 Å². The Bertz CT molecular complexity index is 726. The van der Waals surface area contributed by atoms with Gasteiger partial charge in [-0.25, -0.2) is 14.4 Å². The average molecular weight is 303 g/mol. The monoisotopic (exact) mass is 302 g/mol. The van der Waals surface area contributed by atoms with Gasteiger partial charge in [0.1, 0.15) is 18.0 Å². The van der Waals surface area contributed by atoms with Crippen LogP contribution in [0, 0.1) is 5.82 Å². The van der Waals surface area contributed by atoms with Gasteiger partial charge in [0, 0.05) is 29.5 Å². The van der Waals surface area contributed by atoms with Crippen LogP contribution in [0.4, 0.5) is 10.1 Å². The maximum Gasteiger partial charge on any atom is 0.137 e. The number of hydrogen-bond acceptors (Lipinski definition) is 3. The predicted octanol–water partition coefficient (Wildman–Crippen LogP) is 3.67. The van der Waals surface area contributed by atoms with Gasteiger partial charge in [0.25, 0.3) is 0 Å². The second kappa shape index (κ2) is 5.93. The van der Waals surface area contributed by atoms with E-state index in [0.29, 0.717) is 17.1 Å². The quantitative estimate of drug-likeness (QED) is 0.799. The topological polar surface area (TPSA) is 42.7 Å². The number of pyridine rings is 1. The van der Waals surface area contributed by atoms with E-state index in [9.17, 15) is 4.39 Å². The number of halogens is 2. The lowest BCUT2D eigenvalue weighted by Gasteiger charge is -2.08. The van der Waals surface area contributed by atoms with Crippen LogP contribution in [0.2, 0.25) is 5.02 Å². The molecule has 2 aromatic heterocycles. The van der Waals surface area contributed by atoms with Crippen molar-refractivity contribution in [1.82, 2.24) is 14.5 Å². The zero-order valence-electron chi connectivity index (χ0n) is 11.0. The van der Waals surface area contributed by atoms with Gasteiger partial charge in [0.2, 0.25) is 0 Å². The molecule has 0 fully saturated rings. The van der Waals surface area contributed by atoms with E-state index in [1.165, 1.54) is 12.1 Å². The fourth-order valence-electron chi connectivity index (χ4n) is 1.91. The highest BCUT2D eigenvalue weighted by Crippen LogP contribution is 2.17. The lowest BCUT2D eigenvalue weighted by molar-refractivity contribution is 0.613. The zero-order chi connectivity index (χ0) is 14.7. The van der Waals surface area contributed by atoms with Crippen LogP contribution in [-0.2, 0) is 6.54 Å². The molecular formula is C15H12ClFN4. The molecule has 106 valence electrons. The summed E-state index contributed by atoms with van der Waals surface area (Å²) in [5.41, 5.74) is 1.32. The van der Waals surface area contributed by atoms with Crippen molar-refractivity contribution in [2.75, 3.05) is 5.32 Å². The Hall–Kier alpha value is -2.40. The number of benzene rings is 1. The smallest absolute Gasteiger partial charge is 0.137 e. The molecule has 0 spiro atoms. The molecule has 0 amide bonds. The van der Waals surface area contributed by atoms with Crippen molar-refractivity contribution in [3.8, 4) is 5.82 Å². The highest BCUT2D eigenvalue weighted by atomic mass is 35.5. The van der Waals surface area contributed by atoms with E-state index in [1.54, 1.807) is 29.4 Å². The third-order valence-corrected chi connectivity index (χ3v) is 3.24. The Morgan fingerprint density at radius 1 is 1.24 bits per heavy atom. The van der Waals surface area contributed by atoms with Gasteiger partial charge < -0.3 is 5.32 Å². The van der Waals surface area contributed by atoms with E-state index in [0.717, 1.165) is 11.5 Å². The fraction of sp³-hybridized carbons (Fsp3) is 0.0667. The van der Waals surface area contributed by atoms with Crippen LogP contribution in [0.3, 0.4) is 0 Å². The molecule has 1 N–H and O–H groups in total. The molecule has 0 bridgehead atoms. The molecule has 3 aromatic rings. The van der Waals surface area contributed by atoms with Crippen LogP contribution >= 0.6 is 11.6 Å². The van der Waals surface area contributed by atoms with Crippen molar-refractivity contribution in [3.63, 3.8) is 0 Å². The molecule has 0 aliphatic rings. The summed E-state index contributed by atoms with van der Waals surface area (Å²) in [6, 6.07) is 8.24. The first-order valence-corrected chi connectivity index (χ1v) is 6.72. The van der Waals surface area contributed by atoms with E-state index >= 15 is 0 Å². The Morgan fingerprint density at radius 3 is 2.86 bits per heavy atom. The molecule has 4 nitrogen and oxygen atoms in total. The maximum atomic E-state index is 13.6. The highest BCUT2D eigenvalue weighted by Gasteiger charge is 2.03. The first kappa shape index (κ1) is 13.6. The minimum absolute atomic E-state index is 0.283. The second-order valence-corrected chi connectivity index (χ2v) is 4.90. The van der Waals surface area contributed by atoms with Crippen molar-refractivity contribution >= 4 is 17.3 Å². The SMILES string of the molecule is Fc1ccc(Cl)cc1CNc1ccc(-n2ccnc2)nc1. The normalized spacial score (nSPS) is 10.6. The van der Waals surface area contributed by atoms with Gasteiger partial charge >= 0.3 is 0 Å². The van der Waals surface area contributed by atoms with E-state index in [2.05, 4.69) is 15.3 Å². The fourth-order valence-corrected chi connectivity index (χ4v) is 2.11. The van der Waals surface area contributed by atoms with Crippen molar-refractivity contribution in [1.29, 1.82) is 0 Å². The van der Waals surface area contributed by atoms with Gasteiger partial charge in [-0.3, -0.25) is 4.57 Å². The summed E-state index contributed by atoms with van der Waals surface area (Å²) in [5.74, 6) is 0.488. The predicted molar refractivity (Wildman–Crippen MR) is 80.1 cm³/mol. The summed E-state index contributed by atoms with van der Waals surface area (Å²) >= 11 is 5.86. The Kier molecular flexibility index (Phi) is 3.83. The number of aromatic nitrogens is 3. The van der Waals surface area contributed by atoms with Crippen molar-refractivity contribution < 1.29 is 4.39 Å². The van der Waals surface area contributed by atoms with Crippen molar-refractivity contribution in [3.05, 3.63) is 71.7 Å². The zero-order valence-corrected chi connectivity index (χ0v) is 11.8. The van der Waals surface area contributed by atoms with Gasteiger partial charge in [-0.15, -0.1) is 0 Å². The Morgan fingerprint density at radius 2 is 2.14 bits per heavy atom. The van der Waals surface area contributed by atoms with Crippen LogP contribution in [-0.4, -0.2) is 14.5 Å². The number of rotatable bonds is 4. The Balaban J connectivity index is 1.70. The minimum atomic E-state index is -0.283. The van der Waals surface area contributed by atoms with Crippen molar-refractivity contribution in [2.24, 2.45) is 0 Å². The molecule has 0 unspecified atom stereocenters. The van der Waals surface area contributed by atoms with Crippen molar-refractivity contribution in [2.45, 2.75) is 6.54 Å². The third-order valence-electron chi connectivity index (χ3n) is 3.01. The summed E-state index contributed by atoms with van der Waals surface area (Å²) < 4.78 is 15.4. The lowest BCUT2D eigenvalue weighted by atomic mass is 10.2. The molecule has 0 aliphatic carbocycles. The van der Waals surface area contributed by atoms with Crippen LogP contribution in [0.15, 0.2) is 55.2 Å². The first-order valence-electron chi connectivity index (χ1n) is 6.34. The highest BCUT2D eigenvalue weighted by molar-refractivity contribution is 6.30. The molecule has 0 saturated carbocycles. The molecule has 21 heavy (non-hydrogen) atoms. The maximum absolute atomic E-state index is 13.6. The standard InChI is InChI=1S/C15H12ClFN4/c16-12-1-3-14(17)11(7-12)8-19-13-2-4-15(20-9-13)21-6-5-18-10-21/h1-7,9-10,19H,8H2. The van der Waals surface area contributed by atoms with Crippen LogP contribution in [0.1, 0.15) is 5.56 Å². The Labute approximate surface area is 126 Å². The number of nitrogens with zero attached hydrogens (tertiary/aromatic N) is 3. The largest absolute Gasteiger partial charge is 0.380 e. The molecular weight excluding hydrogens is 291 g/mol. The van der Waals surface area contributed by atoms with E-state index in [-0.39, 0.29) is 5.82 Å². The summed E-state index contributed by atoms with van der Waals surface area (Å²) in [6.45, 7) is 0.346. The number of imidazole rings is 1. The second-order valence-electron chi connectivity index (χ2n) is 4.46. The van der Waals surface area contributed by atoms with Gasteiger partial charge in [-0.05, 0) is 30.3 Å². The van der Waals surface area contributed by atoms with Crippen LogP contribution in [0.25, 0.3) is 5.82 Å². The summed E-state index contributed by atoms with van der Waals surface area (Å²) in [7, 11) is 0. The molecule has 0 atom stereocenters. The summed E-state index contributed by atoms with van der Waals surface area (Å²) in [4.78, 5) is 8.28. The van der Waals surface area contributed by atoms with E-state index in [1.807, 2.05) is 18.3 Å². The number of nitrogens with one attached hydrogen (secondary N) is 1. The van der Waals surface area contributed by atoms with Gasteiger partial charge in [-0.2, -0.15) is 0 Å². The molecule has 0 radical (unpaired) electrons. The molecule has 0 saturated heterocycles. The van der Waals surface area contributed by atoms with Gasteiger partial charge in [-0.1, -0.05) is 11.6 Å².